The van der Waals surface area contributed by atoms with Gasteiger partial charge in [0.1, 0.15) is 0 Å². The Hall–Kier alpha value is -0.413. The zero-order valence-electron chi connectivity index (χ0n) is 10.1. The maximum Gasteiger partial charge on any atom is 0.169 e. The molecule has 84 valence electrons. The van der Waals surface area contributed by atoms with Crippen LogP contribution >= 0.6 is 11.3 Å². The topological polar surface area (TPSA) is 17.1 Å². The Balaban J connectivity index is 3.07. The van der Waals surface area contributed by atoms with E-state index < -0.39 is 8.07 Å². The van der Waals surface area contributed by atoms with Gasteiger partial charge < -0.3 is 0 Å². The fourth-order valence-corrected chi connectivity index (χ4v) is 8.21. The predicted molar refractivity (Wildman–Crippen MR) is 71.2 cm³/mol. The smallest absolute Gasteiger partial charge is 0.169 e. The Morgan fingerprint density at radius 1 is 1.20 bits per heavy atom. The average Bonchev–Trinajstić information content (AvgIpc) is 2.71. The third-order valence-corrected chi connectivity index (χ3v) is 11.4. The molecular formula is C12H20OSSi. The second-order valence-electron chi connectivity index (χ2n) is 4.06. The number of thiophene rings is 1. The fourth-order valence-electron chi connectivity index (χ4n) is 2.08. The van der Waals surface area contributed by atoms with E-state index in [4.69, 9.17) is 0 Å². The van der Waals surface area contributed by atoms with Crippen LogP contribution in [0, 0.1) is 0 Å². The standard InChI is InChI=1S/C12H20OSSi/c1-5-15(6-2,7-3)12-9-8-11(14-12)10(4)13/h8-9H,5-7H2,1-4H3. The van der Waals surface area contributed by atoms with E-state index in [9.17, 15) is 4.79 Å². The number of Topliss-reactive ketones (excluding diaryl/α,β-unsaturated/α-hetero) is 1. The van der Waals surface area contributed by atoms with Crippen LogP contribution in [0.25, 0.3) is 0 Å². The van der Waals surface area contributed by atoms with Crippen molar-refractivity contribution in [3.05, 3.63) is 17.0 Å². The van der Waals surface area contributed by atoms with Gasteiger partial charge in [0, 0.05) is 0 Å². The van der Waals surface area contributed by atoms with Crippen LogP contribution in [-0.2, 0) is 0 Å². The highest BCUT2D eigenvalue weighted by Crippen LogP contribution is 2.24. The van der Waals surface area contributed by atoms with Gasteiger partial charge in [-0.1, -0.05) is 45.0 Å². The lowest BCUT2D eigenvalue weighted by Crippen LogP contribution is -2.43. The van der Waals surface area contributed by atoms with Crippen LogP contribution < -0.4 is 4.50 Å². The lowest BCUT2D eigenvalue weighted by Gasteiger charge is -2.26. The second kappa shape index (κ2) is 5.08. The van der Waals surface area contributed by atoms with Crippen LogP contribution in [0.1, 0.15) is 37.4 Å². The predicted octanol–water partition coefficient (Wildman–Crippen LogP) is 3.67. The van der Waals surface area contributed by atoms with Crippen LogP contribution in [0.15, 0.2) is 12.1 Å². The first-order valence-corrected chi connectivity index (χ1v) is 9.14. The molecule has 3 heteroatoms. The van der Waals surface area contributed by atoms with Gasteiger partial charge in [-0.2, -0.15) is 0 Å². The molecule has 0 aliphatic carbocycles. The summed E-state index contributed by atoms with van der Waals surface area (Å²) >= 11 is 1.73. The van der Waals surface area contributed by atoms with E-state index >= 15 is 0 Å². The van der Waals surface area contributed by atoms with Gasteiger partial charge in [0.2, 0.25) is 0 Å². The normalized spacial score (nSPS) is 11.7. The van der Waals surface area contributed by atoms with E-state index in [1.54, 1.807) is 18.3 Å². The van der Waals surface area contributed by atoms with Crippen LogP contribution in [0.3, 0.4) is 0 Å². The molecule has 0 aliphatic heterocycles. The molecule has 0 bridgehead atoms. The minimum Gasteiger partial charge on any atom is -0.294 e. The molecule has 0 N–H and O–H groups in total. The van der Waals surface area contributed by atoms with E-state index in [1.165, 1.54) is 22.6 Å². The molecule has 0 fully saturated rings. The summed E-state index contributed by atoms with van der Waals surface area (Å²) in [5.41, 5.74) is 0. The Morgan fingerprint density at radius 3 is 2.07 bits per heavy atom. The van der Waals surface area contributed by atoms with Crippen molar-refractivity contribution in [1.82, 2.24) is 0 Å². The summed E-state index contributed by atoms with van der Waals surface area (Å²) in [6, 6.07) is 8.07. The largest absolute Gasteiger partial charge is 0.294 e. The van der Waals surface area contributed by atoms with Crippen LogP contribution in [0.5, 0.6) is 0 Å². The maximum absolute atomic E-state index is 11.3. The molecule has 0 unspecified atom stereocenters. The van der Waals surface area contributed by atoms with Gasteiger partial charge in [-0.25, -0.2) is 0 Å². The van der Waals surface area contributed by atoms with Crippen molar-refractivity contribution in [3.8, 4) is 0 Å². The van der Waals surface area contributed by atoms with Gasteiger partial charge in [-0.3, -0.25) is 4.79 Å². The molecule has 15 heavy (non-hydrogen) atoms. The molecule has 0 aromatic carbocycles. The molecule has 0 saturated carbocycles. The first-order valence-electron chi connectivity index (χ1n) is 5.71. The minimum absolute atomic E-state index is 0.206. The molecule has 0 radical (unpaired) electrons. The Labute approximate surface area is 97.5 Å². The zero-order valence-corrected chi connectivity index (χ0v) is 11.9. The second-order valence-corrected chi connectivity index (χ2v) is 10.7. The summed E-state index contributed by atoms with van der Waals surface area (Å²) in [5.74, 6) is 0.206. The van der Waals surface area contributed by atoms with Crippen molar-refractivity contribution in [2.24, 2.45) is 0 Å². The summed E-state index contributed by atoms with van der Waals surface area (Å²) in [6.45, 7) is 8.55. The minimum atomic E-state index is -1.25. The van der Waals surface area contributed by atoms with Gasteiger partial charge in [0.25, 0.3) is 0 Å². The van der Waals surface area contributed by atoms with Gasteiger partial charge in [-0.15, -0.1) is 11.3 Å². The summed E-state index contributed by atoms with van der Waals surface area (Å²) in [5, 5.41) is 0. The van der Waals surface area contributed by atoms with Crippen molar-refractivity contribution in [2.45, 2.75) is 45.8 Å². The van der Waals surface area contributed by atoms with Crippen molar-refractivity contribution in [3.63, 3.8) is 0 Å². The summed E-state index contributed by atoms with van der Waals surface area (Å²) in [7, 11) is -1.25. The maximum atomic E-state index is 11.3. The van der Waals surface area contributed by atoms with Gasteiger partial charge in [-0.05, 0) is 17.5 Å². The molecule has 0 amide bonds. The Bertz CT molecular complexity index is 331. The van der Waals surface area contributed by atoms with E-state index in [2.05, 4.69) is 26.8 Å². The molecule has 0 saturated heterocycles. The third-order valence-electron chi connectivity index (χ3n) is 3.51. The molecule has 1 aromatic rings. The van der Waals surface area contributed by atoms with Crippen molar-refractivity contribution < 1.29 is 4.79 Å². The molecule has 0 aliphatic rings. The van der Waals surface area contributed by atoms with E-state index in [1.807, 2.05) is 6.07 Å². The first kappa shape index (κ1) is 12.7. The number of carbonyl (C=O) groups excluding carboxylic acids is 1. The molecule has 0 atom stereocenters. The molecule has 1 aromatic heterocycles. The SMILES string of the molecule is CC[Si](CC)(CC)c1ccc(C(C)=O)s1. The Kier molecular flexibility index (Phi) is 4.29. The van der Waals surface area contributed by atoms with Crippen molar-refractivity contribution >= 4 is 29.7 Å². The van der Waals surface area contributed by atoms with Crippen molar-refractivity contribution in [1.29, 1.82) is 0 Å². The first-order chi connectivity index (χ1) is 7.09. The van der Waals surface area contributed by atoms with E-state index in [0.717, 1.165) is 4.88 Å². The van der Waals surface area contributed by atoms with E-state index in [-0.39, 0.29) is 5.78 Å². The highest BCUT2D eigenvalue weighted by Gasteiger charge is 2.30. The molecule has 1 nitrogen and oxygen atoms in total. The third kappa shape index (κ3) is 2.40. The van der Waals surface area contributed by atoms with Crippen molar-refractivity contribution in [2.75, 3.05) is 0 Å². The highest BCUT2D eigenvalue weighted by molar-refractivity contribution is 7.28. The number of rotatable bonds is 5. The summed E-state index contributed by atoms with van der Waals surface area (Å²) in [4.78, 5) is 12.2. The quantitative estimate of drug-likeness (QED) is 0.567. The summed E-state index contributed by atoms with van der Waals surface area (Å²) in [6.07, 6.45) is 0. The van der Waals surface area contributed by atoms with Gasteiger partial charge in [0.05, 0.1) is 13.0 Å². The summed E-state index contributed by atoms with van der Waals surface area (Å²) < 4.78 is 1.51. The number of ketones is 1. The monoisotopic (exact) mass is 240 g/mol. The molecule has 0 spiro atoms. The highest BCUT2D eigenvalue weighted by atomic mass is 32.1. The lowest BCUT2D eigenvalue weighted by molar-refractivity contribution is 0.102. The van der Waals surface area contributed by atoms with Gasteiger partial charge in [0.15, 0.2) is 5.78 Å². The number of hydrogen-bond acceptors (Lipinski definition) is 2. The number of carbonyl (C=O) groups is 1. The Morgan fingerprint density at radius 2 is 1.73 bits per heavy atom. The molecule has 1 heterocycles. The van der Waals surface area contributed by atoms with Crippen LogP contribution in [-0.4, -0.2) is 13.9 Å². The zero-order chi connectivity index (χ0) is 11.5. The average molecular weight is 240 g/mol. The fraction of sp³-hybridized carbons (Fsp3) is 0.583. The van der Waals surface area contributed by atoms with E-state index in [0.29, 0.717) is 0 Å². The number of hydrogen-bond donors (Lipinski definition) is 0. The molecular weight excluding hydrogens is 220 g/mol. The lowest BCUT2D eigenvalue weighted by atomic mass is 10.4. The van der Waals surface area contributed by atoms with Crippen LogP contribution in [0.4, 0.5) is 0 Å². The molecule has 1 rings (SSSR count). The van der Waals surface area contributed by atoms with Crippen LogP contribution in [0.2, 0.25) is 18.1 Å². The van der Waals surface area contributed by atoms with Gasteiger partial charge >= 0.3 is 0 Å².